The molecule has 0 spiro atoms. The Labute approximate surface area is 108 Å². The molecule has 0 amide bonds. The quantitative estimate of drug-likeness (QED) is 0.908. The van der Waals surface area contributed by atoms with E-state index in [1.807, 2.05) is 6.92 Å². The molecule has 0 radical (unpaired) electrons. The minimum atomic E-state index is -0.852. The number of hydrogen-bond donors (Lipinski definition) is 1. The Morgan fingerprint density at radius 2 is 2.24 bits per heavy atom. The number of nitrogens with zero attached hydrogens (tertiary/aromatic N) is 1. The van der Waals surface area contributed by atoms with Gasteiger partial charge in [-0.05, 0) is 24.6 Å². The lowest BCUT2D eigenvalue weighted by Crippen LogP contribution is -2.30. The van der Waals surface area contributed by atoms with Crippen LogP contribution >= 0.6 is 15.9 Å². The molecule has 1 aromatic carbocycles. The monoisotopic (exact) mass is 303 g/mol. The van der Waals surface area contributed by atoms with Crippen LogP contribution in [0.4, 0.5) is 10.1 Å². The van der Waals surface area contributed by atoms with Gasteiger partial charge in [-0.2, -0.15) is 0 Å². The number of halogens is 2. The van der Waals surface area contributed by atoms with Crippen LogP contribution in [0.25, 0.3) is 0 Å². The van der Waals surface area contributed by atoms with E-state index in [-0.39, 0.29) is 5.82 Å². The van der Waals surface area contributed by atoms with E-state index >= 15 is 0 Å². The minimum absolute atomic E-state index is 0.291. The summed E-state index contributed by atoms with van der Waals surface area (Å²) < 4.78 is 14.3. The fraction of sp³-hybridized carbons (Fsp3) is 0.417. The molecule has 94 valence electrons. The van der Waals surface area contributed by atoms with Gasteiger partial charge in [-0.15, -0.1) is 0 Å². The van der Waals surface area contributed by atoms with E-state index in [2.05, 4.69) is 15.9 Å². The zero-order valence-electron chi connectivity index (χ0n) is 9.78. The van der Waals surface area contributed by atoms with Crippen LogP contribution < -0.4 is 4.90 Å². The molecule has 1 unspecified atom stereocenters. The largest absolute Gasteiger partial charge is 0.481 e. The van der Waals surface area contributed by atoms with Crippen molar-refractivity contribution in [1.29, 1.82) is 0 Å². The van der Waals surface area contributed by atoms with Gasteiger partial charge in [-0.1, -0.05) is 22.9 Å². The van der Waals surface area contributed by atoms with Gasteiger partial charge in [0.1, 0.15) is 5.82 Å². The van der Waals surface area contributed by atoms with Gasteiger partial charge in [0.2, 0.25) is 0 Å². The van der Waals surface area contributed by atoms with Crippen LogP contribution in [0, 0.1) is 11.7 Å². The number of aliphatic carboxylic acids is 1. The standard InChI is InChI=1S/C12H15BrFNO2/c1-3-8(12(16)17)7-15(2)11-6-9(13)4-5-10(11)14/h4-6,8H,3,7H2,1-2H3,(H,16,17). The third kappa shape index (κ3) is 3.70. The number of benzene rings is 1. The fourth-order valence-corrected chi connectivity index (χ4v) is 1.94. The maximum absolute atomic E-state index is 13.6. The molecule has 1 rings (SSSR count). The molecular formula is C12H15BrFNO2. The maximum Gasteiger partial charge on any atom is 0.308 e. The topological polar surface area (TPSA) is 40.5 Å². The highest BCUT2D eigenvalue weighted by Gasteiger charge is 2.19. The van der Waals surface area contributed by atoms with E-state index in [4.69, 9.17) is 5.11 Å². The van der Waals surface area contributed by atoms with Crippen molar-refractivity contribution < 1.29 is 14.3 Å². The molecule has 0 aliphatic heterocycles. The van der Waals surface area contributed by atoms with E-state index < -0.39 is 11.9 Å². The molecule has 0 saturated heterocycles. The summed E-state index contributed by atoms with van der Waals surface area (Å²) >= 11 is 3.27. The molecule has 0 saturated carbocycles. The first kappa shape index (κ1) is 14.0. The van der Waals surface area contributed by atoms with Gasteiger partial charge in [0, 0.05) is 18.1 Å². The van der Waals surface area contributed by atoms with Crippen LogP contribution in [0.5, 0.6) is 0 Å². The van der Waals surface area contributed by atoms with Crippen molar-refractivity contribution in [3.63, 3.8) is 0 Å². The molecule has 0 heterocycles. The summed E-state index contributed by atoms with van der Waals surface area (Å²) in [6.07, 6.45) is 0.523. The summed E-state index contributed by atoms with van der Waals surface area (Å²) in [6, 6.07) is 4.61. The zero-order chi connectivity index (χ0) is 13.0. The van der Waals surface area contributed by atoms with Gasteiger partial charge in [-0.3, -0.25) is 4.79 Å². The number of carboxylic acids is 1. The van der Waals surface area contributed by atoms with Crippen molar-refractivity contribution in [2.75, 3.05) is 18.5 Å². The van der Waals surface area contributed by atoms with Crippen molar-refractivity contribution in [2.24, 2.45) is 5.92 Å². The van der Waals surface area contributed by atoms with Crippen molar-refractivity contribution in [3.8, 4) is 0 Å². The van der Waals surface area contributed by atoms with E-state index in [9.17, 15) is 9.18 Å². The second-order valence-corrected chi connectivity index (χ2v) is 4.84. The lowest BCUT2D eigenvalue weighted by Gasteiger charge is -2.23. The zero-order valence-corrected chi connectivity index (χ0v) is 11.4. The Kier molecular flexibility index (Phi) is 4.93. The molecule has 0 aliphatic carbocycles. The second-order valence-electron chi connectivity index (χ2n) is 3.92. The minimum Gasteiger partial charge on any atom is -0.481 e. The highest BCUT2D eigenvalue weighted by atomic mass is 79.9. The lowest BCUT2D eigenvalue weighted by molar-refractivity contribution is -0.141. The van der Waals surface area contributed by atoms with Gasteiger partial charge in [0.25, 0.3) is 0 Å². The SMILES string of the molecule is CCC(CN(C)c1cc(Br)ccc1F)C(=O)O. The summed E-state index contributed by atoms with van der Waals surface area (Å²) in [4.78, 5) is 12.5. The fourth-order valence-electron chi connectivity index (χ4n) is 1.59. The van der Waals surface area contributed by atoms with E-state index in [1.54, 1.807) is 24.1 Å². The highest BCUT2D eigenvalue weighted by Crippen LogP contribution is 2.24. The molecule has 0 aliphatic rings. The first-order valence-corrected chi connectivity index (χ1v) is 6.14. The molecule has 1 atom stereocenters. The Hall–Kier alpha value is -1.10. The summed E-state index contributed by atoms with van der Waals surface area (Å²) in [7, 11) is 1.69. The third-order valence-electron chi connectivity index (χ3n) is 2.66. The molecule has 17 heavy (non-hydrogen) atoms. The van der Waals surface area contributed by atoms with Crippen molar-refractivity contribution in [3.05, 3.63) is 28.5 Å². The Morgan fingerprint density at radius 3 is 2.76 bits per heavy atom. The van der Waals surface area contributed by atoms with Crippen molar-refractivity contribution in [2.45, 2.75) is 13.3 Å². The second kappa shape index (κ2) is 6.00. The predicted octanol–water partition coefficient (Wildman–Crippen LogP) is 3.14. The first-order valence-electron chi connectivity index (χ1n) is 5.34. The molecule has 0 fully saturated rings. The molecule has 0 aromatic heterocycles. The summed E-state index contributed by atoms with van der Waals surface area (Å²) in [5, 5.41) is 8.96. The number of carboxylic acid groups (broad SMARTS) is 1. The van der Waals surface area contributed by atoms with E-state index in [0.717, 1.165) is 4.47 Å². The summed E-state index contributed by atoms with van der Waals surface area (Å²) in [5.41, 5.74) is 0.402. The molecule has 3 nitrogen and oxygen atoms in total. The van der Waals surface area contributed by atoms with Gasteiger partial charge >= 0.3 is 5.97 Å². The van der Waals surface area contributed by atoms with Crippen LogP contribution in [-0.4, -0.2) is 24.7 Å². The molecule has 5 heteroatoms. The Bertz CT molecular complexity index is 411. The summed E-state index contributed by atoms with van der Waals surface area (Å²) in [6.45, 7) is 2.10. The van der Waals surface area contributed by atoms with Crippen LogP contribution in [0.15, 0.2) is 22.7 Å². The third-order valence-corrected chi connectivity index (χ3v) is 3.15. The first-order chi connectivity index (χ1) is 7.95. The van der Waals surface area contributed by atoms with Gasteiger partial charge in [-0.25, -0.2) is 4.39 Å². The molecule has 0 bridgehead atoms. The normalized spacial score (nSPS) is 12.2. The number of hydrogen-bond acceptors (Lipinski definition) is 2. The number of anilines is 1. The number of rotatable bonds is 5. The average Bonchev–Trinajstić information content (AvgIpc) is 2.28. The molecule has 1 N–H and O–H groups in total. The Morgan fingerprint density at radius 1 is 1.59 bits per heavy atom. The lowest BCUT2D eigenvalue weighted by atomic mass is 10.1. The van der Waals surface area contributed by atoms with Gasteiger partial charge in [0.05, 0.1) is 11.6 Å². The van der Waals surface area contributed by atoms with Crippen LogP contribution in [0.3, 0.4) is 0 Å². The average molecular weight is 304 g/mol. The maximum atomic E-state index is 13.6. The highest BCUT2D eigenvalue weighted by molar-refractivity contribution is 9.10. The molecular weight excluding hydrogens is 289 g/mol. The summed E-state index contributed by atoms with van der Waals surface area (Å²) in [5.74, 6) is -1.69. The smallest absolute Gasteiger partial charge is 0.308 e. The van der Waals surface area contributed by atoms with Crippen LogP contribution in [0.1, 0.15) is 13.3 Å². The Balaban J connectivity index is 2.85. The van der Waals surface area contributed by atoms with Gasteiger partial charge in [0.15, 0.2) is 0 Å². The van der Waals surface area contributed by atoms with E-state index in [0.29, 0.717) is 18.7 Å². The van der Waals surface area contributed by atoms with E-state index in [1.165, 1.54) is 6.07 Å². The molecule has 1 aromatic rings. The van der Waals surface area contributed by atoms with Crippen LogP contribution in [0.2, 0.25) is 0 Å². The predicted molar refractivity (Wildman–Crippen MR) is 68.8 cm³/mol. The van der Waals surface area contributed by atoms with Gasteiger partial charge < -0.3 is 10.0 Å². The van der Waals surface area contributed by atoms with Crippen LogP contribution in [-0.2, 0) is 4.79 Å². The number of carbonyl (C=O) groups is 1. The van der Waals surface area contributed by atoms with Crippen molar-refractivity contribution in [1.82, 2.24) is 0 Å². The van der Waals surface area contributed by atoms with Crippen molar-refractivity contribution >= 4 is 27.6 Å².